The van der Waals surface area contributed by atoms with Gasteiger partial charge in [0.2, 0.25) is 5.91 Å². The molecule has 0 unspecified atom stereocenters. The number of thiophene rings is 1. The van der Waals surface area contributed by atoms with Crippen LogP contribution >= 0.6 is 11.3 Å². The van der Waals surface area contributed by atoms with Crippen LogP contribution in [0.5, 0.6) is 0 Å². The van der Waals surface area contributed by atoms with E-state index in [0.29, 0.717) is 6.54 Å². The normalized spacial score (nSPS) is 14.9. The number of aromatic nitrogens is 2. The van der Waals surface area contributed by atoms with E-state index in [1.807, 2.05) is 0 Å². The van der Waals surface area contributed by atoms with Crippen molar-refractivity contribution < 1.29 is 4.79 Å². The predicted octanol–water partition coefficient (Wildman–Crippen LogP) is 3.71. The molecule has 0 aliphatic carbocycles. The predicted molar refractivity (Wildman–Crippen MR) is 124 cm³/mol. The number of nitrogens with zero attached hydrogens (tertiary/aromatic N) is 4. The maximum absolute atomic E-state index is 12.1. The Bertz CT molecular complexity index is 993. The van der Waals surface area contributed by atoms with Crippen molar-refractivity contribution >= 4 is 33.3 Å². The second-order valence-electron chi connectivity index (χ2n) is 7.86. The number of hydrogen-bond acceptors (Lipinski definition) is 6. The number of unbranched alkanes of at least 4 members (excludes halogenated alkanes) is 1. The lowest BCUT2D eigenvalue weighted by molar-refractivity contribution is -0.122. The van der Waals surface area contributed by atoms with Crippen LogP contribution < -0.4 is 10.2 Å². The molecular weight excluding hydrogens is 394 g/mol. The summed E-state index contributed by atoms with van der Waals surface area (Å²) in [5.41, 5.74) is 3.65. The zero-order valence-corrected chi connectivity index (χ0v) is 18.5. The van der Waals surface area contributed by atoms with Gasteiger partial charge in [-0.1, -0.05) is 43.2 Å². The van der Waals surface area contributed by atoms with Crippen molar-refractivity contribution in [2.45, 2.75) is 26.7 Å². The van der Waals surface area contributed by atoms with Gasteiger partial charge in [0.25, 0.3) is 0 Å². The summed E-state index contributed by atoms with van der Waals surface area (Å²) in [5, 5.41) is 6.33. The van der Waals surface area contributed by atoms with Crippen LogP contribution in [-0.4, -0.2) is 60.0 Å². The number of fused-ring (bicyclic) bond motifs is 1. The first-order chi connectivity index (χ1) is 14.7. The van der Waals surface area contributed by atoms with E-state index in [2.05, 4.69) is 68.6 Å². The highest BCUT2D eigenvalue weighted by Gasteiger charge is 2.23. The number of nitrogens with one attached hydrogen (secondary N) is 1. The first kappa shape index (κ1) is 20.8. The second kappa shape index (κ2) is 9.53. The third-order valence-corrected chi connectivity index (χ3v) is 6.49. The molecule has 1 fully saturated rings. The number of carbonyl (C=O) groups excluding carboxylic acids is 1. The minimum atomic E-state index is 0.126. The Morgan fingerprint density at radius 2 is 1.90 bits per heavy atom. The molecule has 0 atom stereocenters. The highest BCUT2D eigenvalue weighted by molar-refractivity contribution is 7.17. The number of hydrogen-bond donors (Lipinski definition) is 1. The number of anilines is 1. The summed E-state index contributed by atoms with van der Waals surface area (Å²) < 4.78 is 0. The van der Waals surface area contributed by atoms with Crippen molar-refractivity contribution in [1.82, 2.24) is 20.2 Å². The first-order valence-electron chi connectivity index (χ1n) is 10.7. The van der Waals surface area contributed by atoms with E-state index in [1.165, 1.54) is 16.7 Å². The Balaban J connectivity index is 1.47. The topological polar surface area (TPSA) is 61.4 Å². The van der Waals surface area contributed by atoms with E-state index >= 15 is 0 Å². The molecule has 4 rings (SSSR count). The van der Waals surface area contributed by atoms with Crippen molar-refractivity contribution in [2.75, 3.05) is 44.2 Å². The van der Waals surface area contributed by atoms with E-state index < -0.39 is 0 Å². The summed E-state index contributed by atoms with van der Waals surface area (Å²) in [7, 11) is 0. The smallest absolute Gasteiger partial charge is 0.234 e. The molecule has 1 aromatic carbocycles. The Morgan fingerprint density at radius 3 is 2.63 bits per heavy atom. The number of amides is 1. The zero-order chi connectivity index (χ0) is 20.9. The quantitative estimate of drug-likeness (QED) is 0.587. The largest absolute Gasteiger partial charge is 0.355 e. The highest BCUT2D eigenvalue weighted by Crippen LogP contribution is 2.38. The van der Waals surface area contributed by atoms with Crippen LogP contribution in [0.1, 0.15) is 25.3 Å². The lowest BCUT2D eigenvalue weighted by atomic mass is 10.0. The summed E-state index contributed by atoms with van der Waals surface area (Å²) >= 11 is 1.67. The van der Waals surface area contributed by atoms with Crippen LogP contribution in [0, 0.1) is 6.92 Å². The standard InChI is InChI=1S/C23H29N5OS/c1-3-4-9-24-20(29)14-27-10-12-28(13-11-27)22-21-19(15-30-23(21)26-16-25-22)18-7-5-17(2)6-8-18/h5-8,15-16H,3-4,9-14H2,1-2H3,(H,24,29). The lowest BCUT2D eigenvalue weighted by Crippen LogP contribution is -2.49. The van der Waals surface area contributed by atoms with Crippen molar-refractivity contribution in [2.24, 2.45) is 0 Å². The molecule has 1 aliphatic rings. The molecule has 3 heterocycles. The molecule has 0 spiro atoms. The fourth-order valence-corrected chi connectivity index (χ4v) is 4.74. The molecule has 0 saturated carbocycles. The van der Waals surface area contributed by atoms with Gasteiger partial charge in [-0.3, -0.25) is 9.69 Å². The Hall–Kier alpha value is -2.51. The van der Waals surface area contributed by atoms with Gasteiger partial charge in [-0.2, -0.15) is 0 Å². The molecular formula is C23H29N5OS. The number of piperazine rings is 1. The Kier molecular flexibility index (Phi) is 6.59. The molecule has 6 nitrogen and oxygen atoms in total. The maximum atomic E-state index is 12.1. The molecule has 1 amide bonds. The van der Waals surface area contributed by atoms with E-state index in [0.717, 1.165) is 61.6 Å². The average molecular weight is 424 g/mol. The molecule has 3 aromatic rings. The van der Waals surface area contributed by atoms with Crippen LogP contribution in [0.3, 0.4) is 0 Å². The molecule has 7 heteroatoms. The lowest BCUT2D eigenvalue weighted by Gasteiger charge is -2.35. The molecule has 0 radical (unpaired) electrons. The van der Waals surface area contributed by atoms with Gasteiger partial charge >= 0.3 is 0 Å². The number of carbonyl (C=O) groups is 1. The number of rotatable bonds is 7. The summed E-state index contributed by atoms with van der Waals surface area (Å²) in [6.45, 7) is 8.92. The summed E-state index contributed by atoms with van der Waals surface area (Å²) in [6, 6.07) is 8.63. The van der Waals surface area contributed by atoms with Gasteiger partial charge in [-0.05, 0) is 18.9 Å². The van der Waals surface area contributed by atoms with Gasteiger partial charge in [0.05, 0.1) is 11.9 Å². The fraction of sp³-hybridized carbons (Fsp3) is 0.435. The van der Waals surface area contributed by atoms with Crippen LogP contribution in [-0.2, 0) is 4.79 Å². The number of aryl methyl sites for hydroxylation is 1. The third-order valence-electron chi connectivity index (χ3n) is 5.60. The van der Waals surface area contributed by atoms with Crippen LogP contribution in [0.4, 0.5) is 5.82 Å². The van der Waals surface area contributed by atoms with Gasteiger partial charge in [-0.25, -0.2) is 9.97 Å². The molecule has 158 valence electrons. The van der Waals surface area contributed by atoms with E-state index in [4.69, 9.17) is 0 Å². The molecule has 1 saturated heterocycles. The van der Waals surface area contributed by atoms with Gasteiger partial charge in [0.1, 0.15) is 17.0 Å². The maximum Gasteiger partial charge on any atom is 0.234 e. The second-order valence-corrected chi connectivity index (χ2v) is 8.72. The van der Waals surface area contributed by atoms with Gasteiger partial charge < -0.3 is 10.2 Å². The van der Waals surface area contributed by atoms with Gasteiger partial charge in [-0.15, -0.1) is 11.3 Å². The molecule has 1 aliphatic heterocycles. The van der Waals surface area contributed by atoms with Crippen molar-refractivity contribution in [3.8, 4) is 11.1 Å². The van der Waals surface area contributed by atoms with E-state index in [-0.39, 0.29) is 5.91 Å². The molecule has 2 aromatic heterocycles. The molecule has 30 heavy (non-hydrogen) atoms. The molecule has 1 N–H and O–H groups in total. The summed E-state index contributed by atoms with van der Waals surface area (Å²) in [6.07, 6.45) is 3.80. The van der Waals surface area contributed by atoms with E-state index in [9.17, 15) is 4.79 Å². The fourth-order valence-electron chi connectivity index (χ4n) is 3.83. The van der Waals surface area contributed by atoms with Gasteiger partial charge in [0.15, 0.2) is 0 Å². The van der Waals surface area contributed by atoms with Crippen molar-refractivity contribution in [3.05, 3.63) is 41.5 Å². The number of benzene rings is 1. The summed E-state index contributed by atoms with van der Waals surface area (Å²) in [4.78, 5) is 26.9. The monoisotopic (exact) mass is 423 g/mol. The Morgan fingerprint density at radius 1 is 1.13 bits per heavy atom. The first-order valence-corrected chi connectivity index (χ1v) is 11.6. The SMILES string of the molecule is CCCCNC(=O)CN1CCN(c2ncnc3scc(-c4ccc(C)cc4)c23)CC1. The minimum Gasteiger partial charge on any atom is -0.355 e. The van der Waals surface area contributed by atoms with Crippen LogP contribution in [0.15, 0.2) is 36.0 Å². The highest BCUT2D eigenvalue weighted by atomic mass is 32.1. The average Bonchev–Trinajstić information content (AvgIpc) is 3.19. The summed E-state index contributed by atoms with van der Waals surface area (Å²) in [5.74, 6) is 1.13. The van der Waals surface area contributed by atoms with Crippen LogP contribution in [0.2, 0.25) is 0 Å². The van der Waals surface area contributed by atoms with Crippen LogP contribution in [0.25, 0.3) is 21.3 Å². The van der Waals surface area contributed by atoms with Crippen molar-refractivity contribution in [3.63, 3.8) is 0 Å². The van der Waals surface area contributed by atoms with Gasteiger partial charge in [0, 0.05) is 43.7 Å². The third kappa shape index (κ3) is 4.63. The zero-order valence-electron chi connectivity index (χ0n) is 17.7. The van der Waals surface area contributed by atoms with Crippen molar-refractivity contribution in [1.29, 1.82) is 0 Å². The van der Waals surface area contributed by atoms with E-state index in [1.54, 1.807) is 17.7 Å². The molecule has 0 bridgehead atoms. The minimum absolute atomic E-state index is 0.126. The Labute approximate surface area is 181 Å².